The van der Waals surface area contributed by atoms with Crippen LogP contribution in [-0.4, -0.2) is 18.1 Å². The first-order valence-corrected chi connectivity index (χ1v) is 9.17. The van der Waals surface area contributed by atoms with E-state index in [9.17, 15) is 9.59 Å². The van der Waals surface area contributed by atoms with Crippen LogP contribution in [0.4, 0.5) is 0 Å². The molecule has 5 nitrogen and oxygen atoms in total. The average Bonchev–Trinajstić information content (AvgIpc) is 2.58. The summed E-state index contributed by atoms with van der Waals surface area (Å²) in [6.07, 6.45) is 6.54. The molecule has 0 spiro atoms. The maximum absolute atomic E-state index is 12.2. The molecule has 1 saturated carbocycles. The molecule has 0 aliphatic heterocycles. The van der Waals surface area contributed by atoms with Gasteiger partial charge in [0.1, 0.15) is 11.3 Å². The lowest BCUT2D eigenvalue weighted by molar-refractivity contribution is -0.128. The number of amides is 1. The second-order valence-corrected chi connectivity index (χ2v) is 7.11. The highest BCUT2D eigenvalue weighted by atomic mass is 16.5. The van der Waals surface area contributed by atoms with E-state index in [1.807, 2.05) is 12.1 Å². The van der Waals surface area contributed by atoms with Crippen LogP contribution in [0.3, 0.4) is 0 Å². The van der Waals surface area contributed by atoms with Crippen molar-refractivity contribution < 1.29 is 13.9 Å². The van der Waals surface area contributed by atoms with Gasteiger partial charge in [-0.05, 0) is 69.6 Å². The molecule has 0 saturated heterocycles. The van der Waals surface area contributed by atoms with Gasteiger partial charge < -0.3 is 14.5 Å². The Morgan fingerprint density at radius 1 is 1.20 bits per heavy atom. The molecule has 0 bridgehead atoms. The Kier molecular flexibility index (Phi) is 4.24. The monoisotopic (exact) mass is 341 g/mol. The minimum atomic E-state index is -0.581. The molecule has 1 fully saturated rings. The van der Waals surface area contributed by atoms with Crippen molar-refractivity contribution in [2.75, 3.05) is 0 Å². The molecule has 1 unspecified atom stereocenters. The number of rotatable bonds is 4. The van der Waals surface area contributed by atoms with E-state index >= 15 is 0 Å². The van der Waals surface area contributed by atoms with Crippen LogP contribution in [0.25, 0.3) is 11.0 Å². The van der Waals surface area contributed by atoms with E-state index in [4.69, 9.17) is 9.15 Å². The van der Waals surface area contributed by atoms with Crippen LogP contribution in [0, 0.1) is 0 Å². The lowest BCUT2D eigenvalue weighted by Gasteiger charge is -2.27. The van der Waals surface area contributed by atoms with Crippen LogP contribution in [0.5, 0.6) is 5.75 Å². The zero-order valence-electron chi connectivity index (χ0n) is 14.5. The molecule has 5 heteroatoms. The largest absolute Gasteiger partial charge is 0.481 e. The Labute approximate surface area is 146 Å². The molecule has 1 N–H and O–H groups in total. The average molecular weight is 341 g/mol. The SMILES string of the molecule is CC(Oc1ccc2c3c(c(=O)oc2c1)CCCC3)C(=O)NC1CCC1. The van der Waals surface area contributed by atoms with Crippen molar-refractivity contribution in [2.24, 2.45) is 0 Å². The van der Waals surface area contributed by atoms with Gasteiger partial charge in [0, 0.05) is 23.1 Å². The lowest BCUT2D eigenvalue weighted by atomic mass is 9.91. The zero-order valence-corrected chi connectivity index (χ0v) is 14.5. The number of carbonyl (C=O) groups excluding carboxylic acids is 1. The summed E-state index contributed by atoms with van der Waals surface area (Å²) in [7, 11) is 0. The first kappa shape index (κ1) is 16.2. The molecule has 132 valence electrons. The molecule has 2 aromatic rings. The second kappa shape index (κ2) is 6.54. The van der Waals surface area contributed by atoms with E-state index in [-0.39, 0.29) is 11.5 Å². The molecule has 2 aliphatic rings. The lowest BCUT2D eigenvalue weighted by Crippen LogP contribution is -2.45. The summed E-state index contributed by atoms with van der Waals surface area (Å²) < 4.78 is 11.3. The predicted octanol–water partition coefficient (Wildman–Crippen LogP) is 3.11. The van der Waals surface area contributed by atoms with Gasteiger partial charge in [0.05, 0.1) is 0 Å². The van der Waals surface area contributed by atoms with Gasteiger partial charge in [-0.2, -0.15) is 0 Å². The van der Waals surface area contributed by atoms with Gasteiger partial charge in [-0.25, -0.2) is 4.79 Å². The third-order valence-corrected chi connectivity index (χ3v) is 5.33. The van der Waals surface area contributed by atoms with Gasteiger partial charge in [-0.1, -0.05) is 0 Å². The maximum atomic E-state index is 12.2. The first-order chi connectivity index (χ1) is 12.1. The van der Waals surface area contributed by atoms with Crippen molar-refractivity contribution in [3.05, 3.63) is 39.7 Å². The van der Waals surface area contributed by atoms with Gasteiger partial charge in [-0.3, -0.25) is 4.79 Å². The van der Waals surface area contributed by atoms with Crippen molar-refractivity contribution in [3.8, 4) is 5.75 Å². The highest BCUT2D eigenvalue weighted by Gasteiger charge is 2.24. The number of hydrogen-bond acceptors (Lipinski definition) is 4. The molecule has 1 heterocycles. The molecular formula is C20H23NO4. The Balaban J connectivity index is 1.56. The van der Waals surface area contributed by atoms with E-state index in [1.165, 1.54) is 6.42 Å². The summed E-state index contributed by atoms with van der Waals surface area (Å²) in [5, 5.41) is 3.97. The molecule has 25 heavy (non-hydrogen) atoms. The maximum Gasteiger partial charge on any atom is 0.339 e. The summed E-state index contributed by atoms with van der Waals surface area (Å²) in [6.45, 7) is 1.74. The number of hydrogen-bond donors (Lipinski definition) is 1. The third kappa shape index (κ3) is 3.15. The van der Waals surface area contributed by atoms with Crippen molar-refractivity contribution in [1.29, 1.82) is 0 Å². The number of fused-ring (bicyclic) bond motifs is 3. The van der Waals surface area contributed by atoms with Crippen molar-refractivity contribution in [1.82, 2.24) is 5.32 Å². The topological polar surface area (TPSA) is 68.5 Å². The van der Waals surface area contributed by atoms with Crippen molar-refractivity contribution in [3.63, 3.8) is 0 Å². The van der Waals surface area contributed by atoms with Gasteiger partial charge >= 0.3 is 5.63 Å². The minimum absolute atomic E-state index is 0.100. The second-order valence-electron chi connectivity index (χ2n) is 7.11. The molecule has 1 atom stereocenters. The molecule has 1 aromatic heterocycles. The Bertz CT molecular complexity index is 866. The Morgan fingerprint density at radius 3 is 2.68 bits per heavy atom. The van der Waals surface area contributed by atoms with Gasteiger partial charge in [0.2, 0.25) is 0 Å². The number of nitrogens with one attached hydrogen (secondary N) is 1. The summed E-state index contributed by atoms with van der Waals surface area (Å²) in [6, 6.07) is 5.80. The molecule has 1 amide bonds. The van der Waals surface area contributed by atoms with Crippen molar-refractivity contribution in [2.45, 2.75) is 64.0 Å². The molecule has 1 aromatic carbocycles. The van der Waals surface area contributed by atoms with Crippen LogP contribution in [0.15, 0.2) is 27.4 Å². The normalized spacial score (nSPS) is 18.3. The summed E-state index contributed by atoms with van der Waals surface area (Å²) in [5.41, 5.74) is 2.23. The van der Waals surface area contributed by atoms with E-state index in [1.54, 1.807) is 13.0 Å². The highest BCUT2D eigenvalue weighted by molar-refractivity contribution is 5.84. The van der Waals surface area contributed by atoms with E-state index in [0.717, 1.165) is 55.0 Å². The van der Waals surface area contributed by atoms with Crippen molar-refractivity contribution >= 4 is 16.9 Å². The van der Waals surface area contributed by atoms with E-state index in [2.05, 4.69) is 5.32 Å². The van der Waals surface area contributed by atoms with E-state index < -0.39 is 6.10 Å². The molecular weight excluding hydrogens is 318 g/mol. The third-order valence-electron chi connectivity index (χ3n) is 5.33. The highest BCUT2D eigenvalue weighted by Crippen LogP contribution is 2.29. The van der Waals surface area contributed by atoms with Crippen LogP contribution in [0.1, 0.15) is 50.2 Å². The van der Waals surface area contributed by atoms with Gasteiger partial charge in [0.15, 0.2) is 6.10 Å². The fourth-order valence-corrected chi connectivity index (χ4v) is 3.63. The molecule has 4 rings (SSSR count). The Morgan fingerprint density at radius 2 is 1.96 bits per heavy atom. The standard InChI is InChI=1S/C20H23NO4/c1-12(19(22)21-13-5-4-6-13)24-14-9-10-16-15-7-2-3-8-17(15)20(23)25-18(16)11-14/h9-13H,2-8H2,1H3,(H,21,22). The number of carbonyl (C=O) groups is 1. The van der Waals surface area contributed by atoms with Crippen LogP contribution >= 0.6 is 0 Å². The van der Waals surface area contributed by atoms with Crippen LogP contribution in [0.2, 0.25) is 0 Å². The number of aryl methyl sites for hydroxylation is 1. The number of ether oxygens (including phenoxy) is 1. The molecule has 0 radical (unpaired) electrons. The summed E-state index contributed by atoms with van der Waals surface area (Å²) >= 11 is 0. The van der Waals surface area contributed by atoms with Gasteiger partial charge in [-0.15, -0.1) is 0 Å². The summed E-state index contributed by atoms with van der Waals surface area (Å²) in [5.74, 6) is 0.444. The summed E-state index contributed by atoms with van der Waals surface area (Å²) in [4.78, 5) is 24.4. The van der Waals surface area contributed by atoms with Gasteiger partial charge in [0.25, 0.3) is 5.91 Å². The number of benzene rings is 1. The fourth-order valence-electron chi connectivity index (χ4n) is 3.63. The van der Waals surface area contributed by atoms with E-state index in [0.29, 0.717) is 17.4 Å². The zero-order chi connectivity index (χ0) is 17.4. The fraction of sp³-hybridized carbons (Fsp3) is 0.500. The quantitative estimate of drug-likeness (QED) is 0.868. The first-order valence-electron chi connectivity index (χ1n) is 9.17. The predicted molar refractivity (Wildman–Crippen MR) is 95.0 cm³/mol. The molecule has 2 aliphatic carbocycles. The minimum Gasteiger partial charge on any atom is -0.481 e. The smallest absolute Gasteiger partial charge is 0.339 e. The Hall–Kier alpha value is -2.30. The van der Waals surface area contributed by atoms with Crippen LogP contribution in [-0.2, 0) is 17.6 Å². The van der Waals surface area contributed by atoms with Crippen LogP contribution < -0.4 is 15.7 Å².